The van der Waals surface area contributed by atoms with E-state index in [0.717, 1.165) is 50.9 Å². The van der Waals surface area contributed by atoms with Crippen molar-refractivity contribution in [1.82, 2.24) is 15.1 Å². The highest BCUT2D eigenvalue weighted by molar-refractivity contribution is 7.91. The number of fused-ring (bicyclic) bond motifs is 1. The summed E-state index contributed by atoms with van der Waals surface area (Å²) in [5.41, 5.74) is 1.44. The zero-order chi connectivity index (χ0) is 30.8. The molecule has 0 aliphatic carbocycles. The number of benzene rings is 3. The molecule has 0 saturated carbocycles. The van der Waals surface area contributed by atoms with E-state index in [1.165, 1.54) is 18.2 Å². The largest absolute Gasteiger partial charge is 0.490 e. The van der Waals surface area contributed by atoms with Crippen LogP contribution in [-0.2, 0) is 14.6 Å². The molecule has 0 unspecified atom stereocenters. The molecule has 44 heavy (non-hydrogen) atoms. The Hall–Kier alpha value is -4.07. The van der Waals surface area contributed by atoms with Gasteiger partial charge in [0.2, 0.25) is 9.84 Å². The Bertz CT molecular complexity index is 1760. The van der Waals surface area contributed by atoms with Gasteiger partial charge in [-0.1, -0.05) is 0 Å². The molecule has 2 aliphatic heterocycles. The molecule has 10 nitrogen and oxygen atoms in total. The Morgan fingerprint density at radius 1 is 0.977 bits per heavy atom. The maximum atomic E-state index is 13.8. The van der Waals surface area contributed by atoms with Crippen LogP contribution in [-0.4, -0.2) is 74.9 Å². The average Bonchev–Trinajstić information content (AvgIpc) is 3.40. The number of ether oxygens (including phenoxy) is 2. The number of amides is 1. The smallest absolute Gasteiger partial charge is 0.258 e. The zero-order valence-corrected chi connectivity index (χ0v) is 24.9. The first kappa shape index (κ1) is 30.0. The molecule has 1 aromatic heterocycles. The molecule has 6 rings (SSSR count). The lowest BCUT2D eigenvalue weighted by molar-refractivity contribution is 0.0904. The summed E-state index contributed by atoms with van der Waals surface area (Å²) in [6, 6.07) is 11.6. The summed E-state index contributed by atoms with van der Waals surface area (Å²) in [6.45, 7) is 3.16. The third kappa shape index (κ3) is 6.54. The van der Waals surface area contributed by atoms with Crippen LogP contribution in [0, 0.1) is 11.6 Å². The first-order valence-corrected chi connectivity index (χ1v) is 16.0. The molecule has 0 bridgehead atoms. The maximum absolute atomic E-state index is 13.8. The van der Waals surface area contributed by atoms with Gasteiger partial charge in [-0.2, -0.15) is 5.10 Å². The minimum atomic E-state index is -4.27. The van der Waals surface area contributed by atoms with Crippen molar-refractivity contribution in [3.8, 4) is 5.75 Å². The fourth-order valence-corrected chi connectivity index (χ4v) is 6.85. The fraction of sp³-hybridized carbons (Fsp3) is 0.355. The summed E-state index contributed by atoms with van der Waals surface area (Å²) >= 11 is 0. The highest BCUT2D eigenvalue weighted by Crippen LogP contribution is 2.31. The molecule has 0 atom stereocenters. The Kier molecular flexibility index (Phi) is 8.52. The van der Waals surface area contributed by atoms with Gasteiger partial charge in [0.15, 0.2) is 5.82 Å². The van der Waals surface area contributed by atoms with Gasteiger partial charge in [0.05, 0.1) is 26.6 Å². The first-order chi connectivity index (χ1) is 21.2. The predicted octanol–water partition coefficient (Wildman–Crippen LogP) is 4.99. The molecule has 0 spiro atoms. The molecule has 3 aromatic carbocycles. The number of halogens is 2. The molecule has 2 saturated heterocycles. The monoisotopic (exact) mass is 625 g/mol. The van der Waals surface area contributed by atoms with Crippen LogP contribution < -0.4 is 15.4 Å². The number of anilines is 2. The van der Waals surface area contributed by atoms with Crippen LogP contribution in [0.5, 0.6) is 5.75 Å². The van der Waals surface area contributed by atoms with E-state index in [-0.39, 0.29) is 22.9 Å². The number of nitrogens with one attached hydrogen (secondary N) is 3. The number of likely N-dealkylation sites (tertiary alicyclic amines) is 1. The normalized spacial score (nSPS) is 17.1. The second-order valence-corrected chi connectivity index (χ2v) is 13.2. The van der Waals surface area contributed by atoms with Crippen molar-refractivity contribution in [2.45, 2.75) is 47.6 Å². The number of carbonyl (C=O) groups is 1. The number of hydrogen-bond donors (Lipinski definition) is 3. The summed E-state index contributed by atoms with van der Waals surface area (Å²) in [5, 5.41) is 13.6. The summed E-state index contributed by atoms with van der Waals surface area (Å²) in [5.74, 6) is -1.70. The van der Waals surface area contributed by atoms with E-state index in [1.54, 1.807) is 12.1 Å². The van der Waals surface area contributed by atoms with E-state index in [9.17, 15) is 22.0 Å². The molecular weight excluding hydrogens is 592 g/mol. The van der Waals surface area contributed by atoms with Gasteiger partial charge in [0.25, 0.3) is 5.91 Å². The first-order valence-electron chi connectivity index (χ1n) is 14.5. The summed E-state index contributed by atoms with van der Waals surface area (Å²) in [7, 11) is -2.17. The number of rotatable bonds is 8. The van der Waals surface area contributed by atoms with Crippen LogP contribution in [0.3, 0.4) is 0 Å². The van der Waals surface area contributed by atoms with Crippen LogP contribution in [0.15, 0.2) is 64.4 Å². The predicted molar refractivity (Wildman–Crippen MR) is 161 cm³/mol. The van der Waals surface area contributed by atoms with E-state index in [2.05, 4.69) is 32.8 Å². The lowest BCUT2D eigenvalue weighted by Gasteiger charge is -2.30. The van der Waals surface area contributed by atoms with Crippen LogP contribution in [0.2, 0.25) is 0 Å². The number of aromatic amines is 1. The van der Waals surface area contributed by atoms with E-state index in [4.69, 9.17) is 9.47 Å². The van der Waals surface area contributed by atoms with E-state index >= 15 is 0 Å². The summed E-state index contributed by atoms with van der Waals surface area (Å²) < 4.78 is 65.8. The highest BCUT2D eigenvalue weighted by Gasteiger charge is 2.24. The van der Waals surface area contributed by atoms with E-state index in [1.807, 2.05) is 6.07 Å². The van der Waals surface area contributed by atoms with Crippen molar-refractivity contribution in [3.63, 3.8) is 0 Å². The minimum absolute atomic E-state index is 0.0894. The highest BCUT2D eigenvalue weighted by atomic mass is 32.2. The lowest BCUT2D eigenvalue weighted by Crippen LogP contribution is -2.35. The van der Waals surface area contributed by atoms with E-state index < -0.39 is 32.3 Å². The Morgan fingerprint density at radius 2 is 1.70 bits per heavy atom. The molecule has 2 aliphatic rings. The van der Waals surface area contributed by atoms with Crippen molar-refractivity contribution >= 4 is 38.2 Å². The van der Waals surface area contributed by atoms with Crippen molar-refractivity contribution < 1.29 is 31.5 Å². The number of nitrogens with zero attached hydrogens (tertiary/aromatic N) is 2. The Morgan fingerprint density at radius 3 is 2.43 bits per heavy atom. The standard InChI is InChI=1S/C31H33F2N5O5S/c1-38-10-6-22(7-11-38)43-23-2-4-26(29(17-23)34-21-8-12-42-13-9-21)31(39)35-30-27-18-24(3-5-28(27)36-37-30)44(40,41)25-15-19(32)14-20(33)16-25/h2-5,14-18,21-22,34H,6-13H2,1H3,(H2,35,36,37,39). The molecule has 4 aromatic rings. The lowest BCUT2D eigenvalue weighted by atomic mass is 10.1. The molecule has 1 amide bonds. The molecule has 232 valence electrons. The third-order valence-electron chi connectivity index (χ3n) is 8.01. The van der Waals surface area contributed by atoms with Gasteiger partial charge in [0, 0.05) is 49.9 Å². The van der Waals surface area contributed by atoms with Crippen molar-refractivity contribution in [3.05, 3.63) is 71.8 Å². The van der Waals surface area contributed by atoms with Gasteiger partial charge in [-0.3, -0.25) is 9.89 Å². The SMILES string of the molecule is CN1CCC(Oc2ccc(C(=O)Nc3n[nH]c4ccc(S(=O)(=O)c5cc(F)cc(F)c5)cc34)c(NC3CCOCC3)c2)CC1. The van der Waals surface area contributed by atoms with Crippen LogP contribution in [0.4, 0.5) is 20.3 Å². The third-order valence-corrected chi connectivity index (χ3v) is 9.74. The van der Waals surface area contributed by atoms with E-state index in [0.29, 0.717) is 47.2 Å². The van der Waals surface area contributed by atoms with Crippen LogP contribution >= 0.6 is 0 Å². The number of piperidine rings is 1. The number of carbonyl (C=O) groups excluding carboxylic acids is 1. The van der Waals surface area contributed by atoms with Crippen LogP contribution in [0.1, 0.15) is 36.0 Å². The molecule has 2 fully saturated rings. The maximum Gasteiger partial charge on any atom is 0.258 e. The second-order valence-electron chi connectivity index (χ2n) is 11.2. The van der Waals surface area contributed by atoms with Gasteiger partial charge in [-0.15, -0.1) is 0 Å². The van der Waals surface area contributed by atoms with Crippen molar-refractivity contribution in [2.24, 2.45) is 0 Å². The number of aromatic nitrogens is 2. The zero-order valence-electron chi connectivity index (χ0n) is 24.1. The topological polar surface area (TPSA) is 126 Å². The number of H-pyrrole nitrogens is 1. The fourth-order valence-electron chi connectivity index (χ4n) is 5.52. The Balaban J connectivity index is 1.27. The molecule has 3 heterocycles. The molecule has 3 N–H and O–H groups in total. The molecule has 0 radical (unpaired) electrons. The second kappa shape index (κ2) is 12.5. The van der Waals surface area contributed by atoms with Gasteiger partial charge < -0.3 is 25.0 Å². The quantitative estimate of drug-likeness (QED) is 0.250. The number of hydrogen-bond acceptors (Lipinski definition) is 8. The average molecular weight is 626 g/mol. The van der Waals surface area contributed by atoms with Gasteiger partial charge in [0.1, 0.15) is 23.5 Å². The van der Waals surface area contributed by atoms with Gasteiger partial charge in [-0.25, -0.2) is 17.2 Å². The van der Waals surface area contributed by atoms with Crippen molar-refractivity contribution in [2.75, 3.05) is 44.0 Å². The summed E-state index contributed by atoms with van der Waals surface area (Å²) in [6.07, 6.45) is 3.50. The summed E-state index contributed by atoms with van der Waals surface area (Å²) in [4.78, 5) is 15.2. The Labute approximate surface area is 253 Å². The van der Waals surface area contributed by atoms with Gasteiger partial charge >= 0.3 is 0 Å². The van der Waals surface area contributed by atoms with Crippen LogP contribution in [0.25, 0.3) is 10.9 Å². The van der Waals surface area contributed by atoms with Gasteiger partial charge in [-0.05, 0) is 75.2 Å². The molecule has 13 heteroatoms. The van der Waals surface area contributed by atoms with Crippen molar-refractivity contribution in [1.29, 1.82) is 0 Å². The molecular formula is C31H33F2N5O5S. The number of sulfone groups is 1. The minimum Gasteiger partial charge on any atom is -0.490 e.